The molecule has 2 nitrogen and oxygen atoms in total. The van der Waals surface area contributed by atoms with Crippen molar-refractivity contribution >= 4 is 22.0 Å². The van der Waals surface area contributed by atoms with Crippen molar-refractivity contribution in [3.8, 4) is 0 Å². The number of aryl methyl sites for hydroxylation is 1. The first-order chi connectivity index (χ1) is 9.04. The Morgan fingerprint density at radius 2 is 2.16 bits per heavy atom. The van der Waals surface area contributed by atoms with Gasteiger partial charge >= 0.3 is 0 Å². The molecule has 0 aliphatic carbocycles. The summed E-state index contributed by atoms with van der Waals surface area (Å²) < 4.78 is 6.21. The summed E-state index contributed by atoms with van der Waals surface area (Å²) in [6.45, 7) is 9.14. The van der Waals surface area contributed by atoms with Crippen molar-refractivity contribution in [1.82, 2.24) is 5.32 Å². The number of hydrogen-bond donors (Lipinski definition) is 1. The van der Waals surface area contributed by atoms with Gasteiger partial charge in [-0.25, -0.2) is 0 Å². The van der Waals surface area contributed by atoms with E-state index in [4.69, 9.17) is 4.74 Å². The summed E-state index contributed by atoms with van der Waals surface area (Å²) in [6, 6.07) is 6.47. The summed E-state index contributed by atoms with van der Waals surface area (Å²) in [5.41, 5.74) is 3.94. The van der Waals surface area contributed by atoms with Crippen molar-refractivity contribution in [2.45, 2.75) is 20.8 Å². The smallest absolute Gasteiger partial charge is 0.0587 e. The minimum atomic E-state index is 0.541. The van der Waals surface area contributed by atoms with E-state index in [1.165, 1.54) is 16.7 Å². The lowest BCUT2D eigenvalue weighted by molar-refractivity contribution is 0.200. The van der Waals surface area contributed by atoms with E-state index < -0.39 is 0 Å². The van der Waals surface area contributed by atoms with E-state index in [0.29, 0.717) is 5.92 Å². The molecule has 3 heteroatoms. The van der Waals surface area contributed by atoms with Gasteiger partial charge in [-0.15, -0.1) is 0 Å². The van der Waals surface area contributed by atoms with Crippen molar-refractivity contribution in [1.29, 1.82) is 0 Å². The van der Waals surface area contributed by atoms with Crippen LogP contribution in [-0.2, 0) is 4.74 Å². The Morgan fingerprint density at radius 1 is 1.42 bits per heavy atom. The van der Waals surface area contributed by atoms with Crippen molar-refractivity contribution in [3.63, 3.8) is 0 Å². The molecule has 0 atom stereocenters. The predicted molar refractivity (Wildman–Crippen MR) is 86.4 cm³/mol. The second kappa shape index (κ2) is 8.51. The first-order valence-electron chi connectivity index (χ1n) is 6.71. The highest BCUT2D eigenvalue weighted by molar-refractivity contribution is 9.10. The van der Waals surface area contributed by atoms with Gasteiger partial charge in [0, 0.05) is 24.7 Å². The van der Waals surface area contributed by atoms with Gasteiger partial charge in [-0.05, 0) is 30.0 Å². The van der Waals surface area contributed by atoms with Gasteiger partial charge in [0.15, 0.2) is 0 Å². The SMILES string of the molecule is COCCNCC(=Cc1ccc(Br)c(C)c1)C(C)C. The van der Waals surface area contributed by atoms with Crippen LogP contribution in [0.5, 0.6) is 0 Å². The van der Waals surface area contributed by atoms with Gasteiger partial charge in [-0.1, -0.05) is 53.6 Å². The molecule has 0 aromatic heterocycles. The molecule has 1 aromatic rings. The Morgan fingerprint density at radius 3 is 2.74 bits per heavy atom. The molecule has 0 radical (unpaired) electrons. The molecule has 1 rings (SSSR count). The Hall–Kier alpha value is -0.640. The molecule has 0 heterocycles. The molecular weight excluding hydrogens is 302 g/mol. The van der Waals surface area contributed by atoms with Crippen LogP contribution in [0.25, 0.3) is 6.08 Å². The van der Waals surface area contributed by atoms with E-state index in [-0.39, 0.29) is 0 Å². The van der Waals surface area contributed by atoms with Crippen LogP contribution in [0.15, 0.2) is 28.2 Å². The number of hydrogen-bond acceptors (Lipinski definition) is 2. The highest BCUT2D eigenvalue weighted by atomic mass is 79.9. The van der Waals surface area contributed by atoms with E-state index in [0.717, 1.165) is 24.2 Å². The van der Waals surface area contributed by atoms with Gasteiger partial charge < -0.3 is 10.1 Å². The number of ether oxygens (including phenoxy) is 1. The molecule has 0 unspecified atom stereocenters. The average molecular weight is 326 g/mol. The third kappa shape index (κ3) is 5.89. The van der Waals surface area contributed by atoms with Gasteiger partial charge in [0.05, 0.1) is 6.61 Å². The van der Waals surface area contributed by atoms with Crippen molar-refractivity contribution < 1.29 is 4.74 Å². The highest BCUT2D eigenvalue weighted by Crippen LogP contribution is 2.20. The molecule has 0 bridgehead atoms. The van der Waals surface area contributed by atoms with E-state index in [1.807, 2.05) is 0 Å². The second-order valence-corrected chi connectivity index (χ2v) is 5.91. The van der Waals surface area contributed by atoms with Crippen LogP contribution in [0.4, 0.5) is 0 Å². The van der Waals surface area contributed by atoms with E-state index in [1.54, 1.807) is 7.11 Å². The zero-order valence-corrected chi connectivity index (χ0v) is 13.9. The van der Waals surface area contributed by atoms with Crippen molar-refractivity contribution in [2.75, 3.05) is 26.8 Å². The summed E-state index contributed by atoms with van der Waals surface area (Å²) >= 11 is 3.54. The van der Waals surface area contributed by atoms with Gasteiger partial charge in [-0.2, -0.15) is 0 Å². The molecular formula is C16H24BrNO. The largest absolute Gasteiger partial charge is 0.383 e. The second-order valence-electron chi connectivity index (χ2n) is 5.05. The fourth-order valence-electron chi connectivity index (χ4n) is 1.80. The molecule has 0 saturated heterocycles. The predicted octanol–water partition coefficient (Wildman–Crippen LogP) is 4.03. The standard InChI is InChI=1S/C16H24BrNO/c1-12(2)15(11-18-7-8-19-4)10-14-5-6-16(17)13(3)9-14/h5-6,9-10,12,18H,7-8,11H2,1-4H3. The normalized spacial score (nSPS) is 12.2. The van der Waals surface area contributed by atoms with Crippen molar-refractivity contribution in [2.24, 2.45) is 5.92 Å². The lowest BCUT2D eigenvalue weighted by atomic mass is 9.99. The molecule has 0 spiro atoms. The maximum absolute atomic E-state index is 5.04. The first-order valence-corrected chi connectivity index (χ1v) is 7.50. The minimum Gasteiger partial charge on any atom is -0.383 e. The molecule has 106 valence electrons. The summed E-state index contributed by atoms with van der Waals surface area (Å²) in [6.07, 6.45) is 2.28. The zero-order chi connectivity index (χ0) is 14.3. The molecule has 0 amide bonds. The molecule has 0 aliphatic rings. The highest BCUT2D eigenvalue weighted by Gasteiger charge is 2.04. The molecule has 1 N–H and O–H groups in total. The van der Waals surface area contributed by atoms with Crippen LogP contribution in [0, 0.1) is 12.8 Å². The van der Waals surface area contributed by atoms with Gasteiger partial charge in [0.2, 0.25) is 0 Å². The fraction of sp³-hybridized carbons (Fsp3) is 0.500. The van der Waals surface area contributed by atoms with Crippen LogP contribution in [0.2, 0.25) is 0 Å². The molecule has 0 aliphatic heterocycles. The van der Waals surface area contributed by atoms with E-state index >= 15 is 0 Å². The Labute approximate surface area is 125 Å². The van der Waals surface area contributed by atoms with Crippen LogP contribution < -0.4 is 5.32 Å². The quantitative estimate of drug-likeness (QED) is 0.764. The minimum absolute atomic E-state index is 0.541. The Bertz CT molecular complexity index is 427. The molecule has 19 heavy (non-hydrogen) atoms. The third-order valence-electron chi connectivity index (χ3n) is 3.09. The van der Waals surface area contributed by atoms with E-state index in [9.17, 15) is 0 Å². The number of nitrogens with one attached hydrogen (secondary N) is 1. The Kier molecular flexibility index (Phi) is 7.36. The maximum atomic E-state index is 5.04. The average Bonchev–Trinajstić information content (AvgIpc) is 2.37. The number of benzene rings is 1. The van der Waals surface area contributed by atoms with Gasteiger partial charge in [0.25, 0.3) is 0 Å². The first kappa shape index (κ1) is 16.4. The van der Waals surface area contributed by atoms with Crippen LogP contribution >= 0.6 is 15.9 Å². The lowest BCUT2D eigenvalue weighted by Crippen LogP contribution is -2.23. The molecule has 0 saturated carbocycles. The van der Waals surface area contributed by atoms with Gasteiger partial charge in [0.1, 0.15) is 0 Å². The number of rotatable bonds is 7. The lowest BCUT2D eigenvalue weighted by Gasteiger charge is -2.13. The van der Waals surface area contributed by atoms with Crippen LogP contribution in [0.1, 0.15) is 25.0 Å². The summed E-state index contributed by atoms with van der Waals surface area (Å²) in [7, 11) is 1.73. The Balaban J connectivity index is 2.73. The number of halogens is 1. The fourth-order valence-corrected chi connectivity index (χ4v) is 2.05. The summed E-state index contributed by atoms with van der Waals surface area (Å²) in [5, 5.41) is 3.41. The van der Waals surface area contributed by atoms with Crippen molar-refractivity contribution in [3.05, 3.63) is 39.4 Å². The number of methoxy groups -OCH3 is 1. The van der Waals surface area contributed by atoms with E-state index in [2.05, 4.69) is 66.3 Å². The maximum Gasteiger partial charge on any atom is 0.0587 e. The monoisotopic (exact) mass is 325 g/mol. The molecule has 1 aromatic carbocycles. The van der Waals surface area contributed by atoms with Crippen LogP contribution in [0.3, 0.4) is 0 Å². The third-order valence-corrected chi connectivity index (χ3v) is 3.98. The van der Waals surface area contributed by atoms with Crippen LogP contribution in [-0.4, -0.2) is 26.8 Å². The molecule has 0 fully saturated rings. The van der Waals surface area contributed by atoms with Gasteiger partial charge in [-0.3, -0.25) is 0 Å². The topological polar surface area (TPSA) is 21.3 Å². The summed E-state index contributed by atoms with van der Waals surface area (Å²) in [4.78, 5) is 0. The summed E-state index contributed by atoms with van der Waals surface area (Å²) in [5.74, 6) is 0.541. The zero-order valence-electron chi connectivity index (χ0n) is 12.3.